The minimum atomic E-state index is 0.469. The first-order valence-electron chi connectivity index (χ1n) is 4.56. The number of rotatable bonds is 1. The molecule has 72 valence electrons. The van der Waals surface area contributed by atoms with Crippen LogP contribution in [-0.4, -0.2) is 22.9 Å². The number of hydrogen-bond donors (Lipinski definition) is 2. The van der Waals surface area contributed by atoms with E-state index in [2.05, 4.69) is 39.4 Å². The molecule has 5 heteroatoms. The van der Waals surface area contributed by atoms with Crippen molar-refractivity contribution in [3.8, 4) is 0 Å². The Labute approximate surface area is 76.9 Å². The molecule has 0 aliphatic carbocycles. The first-order valence-corrected chi connectivity index (χ1v) is 4.56. The molecule has 1 aromatic heterocycles. The summed E-state index contributed by atoms with van der Waals surface area (Å²) in [4.78, 5) is 0. The fourth-order valence-corrected chi connectivity index (χ4v) is 1.43. The third-order valence-corrected chi connectivity index (χ3v) is 2.38. The maximum Gasteiger partial charge on any atom is 0.195 e. The first-order chi connectivity index (χ1) is 6.27. The van der Waals surface area contributed by atoms with Crippen molar-refractivity contribution in [2.75, 3.05) is 11.9 Å². The van der Waals surface area contributed by atoms with Crippen LogP contribution in [0.25, 0.3) is 0 Å². The molecule has 2 heterocycles. The van der Waals surface area contributed by atoms with Crippen LogP contribution in [0.1, 0.15) is 19.5 Å². The summed E-state index contributed by atoms with van der Waals surface area (Å²) in [5.41, 5.74) is 0.864. The molecule has 2 N–H and O–H groups in total. The zero-order valence-electron chi connectivity index (χ0n) is 7.87. The van der Waals surface area contributed by atoms with Crippen LogP contribution in [0, 0.1) is 5.92 Å². The van der Waals surface area contributed by atoms with Gasteiger partial charge in [0, 0.05) is 19.1 Å². The van der Waals surface area contributed by atoms with Crippen LogP contribution >= 0.6 is 0 Å². The van der Waals surface area contributed by atoms with Crippen molar-refractivity contribution in [3.63, 3.8) is 0 Å². The first kappa shape index (κ1) is 8.50. The molecule has 1 aliphatic rings. The van der Waals surface area contributed by atoms with Crippen molar-refractivity contribution in [2.24, 2.45) is 5.92 Å². The van der Waals surface area contributed by atoms with Gasteiger partial charge >= 0.3 is 0 Å². The standard InChI is InChI=1S/C8H14N4O/c1-5(2)6-3-10-8-7(4-9-6)11-13-12-8/h5-6,9H,3-4H2,1-2H3,(H,10,12)/t6-/m0/s1. The van der Waals surface area contributed by atoms with Crippen molar-refractivity contribution in [1.82, 2.24) is 15.6 Å². The van der Waals surface area contributed by atoms with Crippen LogP contribution in [0.2, 0.25) is 0 Å². The summed E-state index contributed by atoms with van der Waals surface area (Å²) >= 11 is 0. The Morgan fingerprint density at radius 2 is 2.31 bits per heavy atom. The van der Waals surface area contributed by atoms with Gasteiger partial charge in [-0.25, -0.2) is 4.63 Å². The molecule has 0 radical (unpaired) electrons. The molecule has 0 aromatic carbocycles. The van der Waals surface area contributed by atoms with Crippen molar-refractivity contribution < 1.29 is 4.63 Å². The van der Waals surface area contributed by atoms with E-state index in [1.807, 2.05) is 0 Å². The average molecular weight is 182 g/mol. The van der Waals surface area contributed by atoms with E-state index in [9.17, 15) is 0 Å². The lowest BCUT2D eigenvalue weighted by atomic mass is 10.1. The summed E-state index contributed by atoms with van der Waals surface area (Å²) in [5.74, 6) is 1.38. The molecule has 13 heavy (non-hydrogen) atoms. The maximum atomic E-state index is 4.62. The van der Waals surface area contributed by atoms with Crippen LogP contribution < -0.4 is 10.6 Å². The highest BCUT2D eigenvalue weighted by Crippen LogP contribution is 2.14. The zero-order chi connectivity index (χ0) is 9.26. The van der Waals surface area contributed by atoms with E-state index in [1.54, 1.807) is 0 Å². The molecule has 1 aliphatic heterocycles. The highest BCUT2D eigenvalue weighted by molar-refractivity contribution is 5.39. The Bertz CT molecular complexity index is 261. The molecule has 5 nitrogen and oxygen atoms in total. The summed E-state index contributed by atoms with van der Waals surface area (Å²) in [6, 6.07) is 0.469. The summed E-state index contributed by atoms with van der Waals surface area (Å²) in [6.45, 7) is 5.99. The minimum absolute atomic E-state index is 0.469. The predicted molar refractivity (Wildman–Crippen MR) is 48.3 cm³/mol. The fourth-order valence-electron chi connectivity index (χ4n) is 1.43. The van der Waals surface area contributed by atoms with Crippen molar-refractivity contribution in [3.05, 3.63) is 5.69 Å². The lowest BCUT2D eigenvalue weighted by Crippen LogP contribution is -2.37. The maximum absolute atomic E-state index is 4.62. The van der Waals surface area contributed by atoms with E-state index in [0.717, 1.165) is 24.6 Å². The van der Waals surface area contributed by atoms with E-state index >= 15 is 0 Å². The Morgan fingerprint density at radius 3 is 3.08 bits per heavy atom. The molecule has 0 saturated carbocycles. The van der Waals surface area contributed by atoms with Gasteiger partial charge in [0.2, 0.25) is 0 Å². The number of fused-ring (bicyclic) bond motifs is 1. The summed E-state index contributed by atoms with van der Waals surface area (Å²) in [5, 5.41) is 14.2. The van der Waals surface area contributed by atoms with Gasteiger partial charge in [-0.05, 0) is 11.1 Å². The van der Waals surface area contributed by atoms with Crippen molar-refractivity contribution >= 4 is 5.82 Å². The van der Waals surface area contributed by atoms with Crippen LogP contribution in [0.4, 0.5) is 5.82 Å². The molecule has 0 spiro atoms. The Kier molecular flexibility index (Phi) is 2.18. The van der Waals surface area contributed by atoms with Gasteiger partial charge in [-0.3, -0.25) is 0 Å². The number of hydrogen-bond acceptors (Lipinski definition) is 5. The molecule has 0 bridgehead atoms. The second-order valence-corrected chi connectivity index (χ2v) is 3.67. The number of anilines is 1. The molecule has 0 saturated heterocycles. The predicted octanol–water partition coefficient (Wildman–Crippen LogP) is 0.609. The van der Waals surface area contributed by atoms with Gasteiger partial charge in [0.05, 0.1) is 0 Å². The largest absolute Gasteiger partial charge is 0.364 e. The van der Waals surface area contributed by atoms with Gasteiger partial charge < -0.3 is 10.6 Å². The van der Waals surface area contributed by atoms with Crippen LogP contribution in [-0.2, 0) is 6.54 Å². The fraction of sp³-hybridized carbons (Fsp3) is 0.750. The third-order valence-electron chi connectivity index (χ3n) is 2.38. The van der Waals surface area contributed by atoms with Gasteiger partial charge in [-0.2, -0.15) is 0 Å². The van der Waals surface area contributed by atoms with E-state index in [4.69, 9.17) is 0 Å². The molecular formula is C8H14N4O. The van der Waals surface area contributed by atoms with Gasteiger partial charge in [0.15, 0.2) is 5.82 Å². The zero-order valence-corrected chi connectivity index (χ0v) is 7.87. The summed E-state index contributed by atoms with van der Waals surface area (Å²) < 4.78 is 4.62. The Hall–Kier alpha value is -1.10. The van der Waals surface area contributed by atoms with E-state index in [1.165, 1.54) is 0 Å². The third kappa shape index (κ3) is 1.65. The smallest absolute Gasteiger partial charge is 0.195 e. The molecule has 1 atom stereocenters. The van der Waals surface area contributed by atoms with Gasteiger partial charge in [0.1, 0.15) is 5.69 Å². The lowest BCUT2D eigenvalue weighted by molar-refractivity contribution is 0.299. The molecule has 2 rings (SSSR count). The normalized spacial score (nSPS) is 22.2. The van der Waals surface area contributed by atoms with Crippen molar-refractivity contribution in [1.29, 1.82) is 0 Å². The number of nitrogens with one attached hydrogen (secondary N) is 2. The van der Waals surface area contributed by atoms with Crippen LogP contribution in [0.15, 0.2) is 4.63 Å². The molecular weight excluding hydrogens is 168 g/mol. The molecule has 0 unspecified atom stereocenters. The minimum Gasteiger partial charge on any atom is -0.364 e. The van der Waals surface area contributed by atoms with E-state index in [-0.39, 0.29) is 0 Å². The molecule has 0 fully saturated rings. The number of aromatic nitrogens is 2. The lowest BCUT2D eigenvalue weighted by Gasteiger charge is -2.19. The van der Waals surface area contributed by atoms with E-state index in [0.29, 0.717) is 12.0 Å². The second kappa shape index (κ2) is 3.33. The summed E-state index contributed by atoms with van der Waals surface area (Å²) in [7, 11) is 0. The van der Waals surface area contributed by atoms with Crippen LogP contribution in [0.3, 0.4) is 0 Å². The van der Waals surface area contributed by atoms with Crippen LogP contribution in [0.5, 0.6) is 0 Å². The van der Waals surface area contributed by atoms with Gasteiger partial charge in [-0.1, -0.05) is 19.0 Å². The highest BCUT2D eigenvalue weighted by Gasteiger charge is 2.20. The highest BCUT2D eigenvalue weighted by atomic mass is 16.6. The monoisotopic (exact) mass is 182 g/mol. The van der Waals surface area contributed by atoms with E-state index < -0.39 is 0 Å². The topological polar surface area (TPSA) is 63.0 Å². The summed E-state index contributed by atoms with van der Waals surface area (Å²) in [6.07, 6.45) is 0. The van der Waals surface area contributed by atoms with Gasteiger partial charge in [0.25, 0.3) is 0 Å². The SMILES string of the molecule is CC(C)[C@@H]1CNc2nonc2CN1. The quantitative estimate of drug-likeness (QED) is 0.666. The second-order valence-electron chi connectivity index (χ2n) is 3.67. The number of nitrogens with zero attached hydrogens (tertiary/aromatic N) is 2. The molecule has 0 amide bonds. The van der Waals surface area contributed by atoms with Crippen molar-refractivity contribution in [2.45, 2.75) is 26.4 Å². The van der Waals surface area contributed by atoms with Gasteiger partial charge in [-0.15, -0.1) is 0 Å². The Balaban J connectivity index is 2.08. The molecule has 1 aromatic rings. The average Bonchev–Trinajstić information content (AvgIpc) is 2.44. The Morgan fingerprint density at radius 1 is 1.46 bits per heavy atom.